The number of rotatable bonds is 5. The predicted octanol–water partition coefficient (Wildman–Crippen LogP) is 2.91. The predicted molar refractivity (Wildman–Crippen MR) is 73.4 cm³/mol. The Morgan fingerprint density at radius 1 is 1.63 bits per heavy atom. The number of ether oxygens (including phenoxy) is 1. The zero-order chi connectivity index (χ0) is 13.8. The van der Waals surface area contributed by atoms with Crippen LogP contribution >= 0.6 is 11.6 Å². The molecule has 1 aliphatic rings. The van der Waals surface area contributed by atoms with E-state index in [2.05, 4.69) is 5.32 Å². The van der Waals surface area contributed by atoms with E-state index >= 15 is 0 Å². The van der Waals surface area contributed by atoms with Crippen molar-refractivity contribution in [2.45, 2.75) is 38.5 Å². The number of hydrogen-bond acceptors (Lipinski definition) is 4. The maximum atomic E-state index is 10.9. The molecule has 0 saturated carbocycles. The zero-order valence-electron chi connectivity index (χ0n) is 10.8. The Balaban J connectivity index is 2.01. The maximum Gasteiger partial charge on any atom is 0.273 e. The largest absolute Gasteiger partial charge is 0.377 e. The first-order chi connectivity index (χ1) is 9.08. The number of nitrogens with zero attached hydrogens (tertiary/aromatic N) is 1. The number of nitrogens with one attached hydrogen (secondary N) is 1. The van der Waals surface area contributed by atoms with E-state index in [1.54, 1.807) is 6.07 Å². The van der Waals surface area contributed by atoms with Gasteiger partial charge in [0, 0.05) is 35.8 Å². The van der Waals surface area contributed by atoms with Crippen molar-refractivity contribution < 1.29 is 9.66 Å². The van der Waals surface area contributed by atoms with Crippen molar-refractivity contribution in [2.75, 3.05) is 6.61 Å². The Bertz CT molecular complexity index is 461. The lowest BCUT2D eigenvalue weighted by atomic mass is 10.1. The van der Waals surface area contributed by atoms with E-state index < -0.39 is 0 Å². The van der Waals surface area contributed by atoms with Crippen molar-refractivity contribution in [1.82, 2.24) is 5.32 Å². The molecule has 2 rings (SSSR count). The van der Waals surface area contributed by atoms with Gasteiger partial charge in [0.2, 0.25) is 0 Å². The van der Waals surface area contributed by atoms with Gasteiger partial charge >= 0.3 is 0 Å². The van der Waals surface area contributed by atoms with Gasteiger partial charge in [-0.05, 0) is 31.9 Å². The normalized spacial score (nSPS) is 20.4. The van der Waals surface area contributed by atoms with Crippen LogP contribution in [0, 0.1) is 10.1 Å². The first kappa shape index (κ1) is 14.2. The molecule has 0 aliphatic carbocycles. The summed E-state index contributed by atoms with van der Waals surface area (Å²) in [5.74, 6) is 0. The minimum Gasteiger partial charge on any atom is -0.377 e. The smallest absolute Gasteiger partial charge is 0.273 e. The molecule has 0 aromatic heterocycles. The summed E-state index contributed by atoms with van der Waals surface area (Å²) in [4.78, 5) is 10.6. The number of nitro groups is 1. The quantitative estimate of drug-likeness (QED) is 0.667. The van der Waals surface area contributed by atoms with Gasteiger partial charge in [0.25, 0.3) is 5.69 Å². The number of hydrogen-bond donors (Lipinski definition) is 1. The van der Waals surface area contributed by atoms with E-state index in [0.29, 0.717) is 17.1 Å². The van der Waals surface area contributed by atoms with Crippen LogP contribution in [0.2, 0.25) is 5.02 Å². The highest BCUT2D eigenvalue weighted by Gasteiger charge is 2.23. The minimum atomic E-state index is -0.385. The molecule has 1 aromatic rings. The molecule has 5 nitrogen and oxygen atoms in total. The molecule has 0 spiro atoms. The average Bonchev–Trinajstić information content (AvgIpc) is 2.89. The molecule has 2 atom stereocenters. The summed E-state index contributed by atoms with van der Waals surface area (Å²) in [7, 11) is 0. The van der Waals surface area contributed by atoms with E-state index in [9.17, 15) is 10.1 Å². The van der Waals surface area contributed by atoms with Gasteiger partial charge in [-0.2, -0.15) is 0 Å². The summed E-state index contributed by atoms with van der Waals surface area (Å²) in [6.07, 6.45) is 2.30. The number of nitro benzene ring substituents is 1. The van der Waals surface area contributed by atoms with Gasteiger partial charge in [0.05, 0.1) is 11.0 Å². The van der Waals surface area contributed by atoms with Crippen LogP contribution in [-0.2, 0) is 11.3 Å². The molecular formula is C13H17ClN2O3. The average molecular weight is 285 g/mol. The first-order valence-corrected chi connectivity index (χ1v) is 6.73. The zero-order valence-corrected chi connectivity index (χ0v) is 11.5. The Labute approximate surface area is 117 Å². The van der Waals surface area contributed by atoms with E-state index in [1.807, 2.05) is 6.92 Å². The van der Waals surface area contributed by atoms with Crippen molar-refractivity contribution >= 4 is 17.3 Å². The lowest BCUT2D eigenvalue weighted by Gasteiger charge is -2.20. The Morgan fingerprint density at radius 3 is 3.05 bits per heavy atom. The molecule has 104 valence electrons. The van der Waals surface area contributed by atoms with Crippen molar-refractivity contribution in [3.05, 3.63) is 38.9 Å². The van der Waals surface area contributed by atoms with Gasteiger partial charge in [0.1, 0.15) is 0 Å². The van der Waals surface area contributed by atoms with E-state index in [4.69, 9.17) is 16.3 Å². The third-order valence-electron chi connectivity index (χ3n) is 3.38. The summed E-state index contributed by atoms with van der Waals surface area (Å²) in [5.41, 5.74) is 0.693. The monoisotopic (exact) mass is 284 g/mol. The fraction of sp³-hybridized carbons (Fsp3) is 0.538. The molecule has 1 N–H and O–H groups in total. The summed E-state index contributed by atoms with van der Waals surface area (Å²) >= 11 is 5.89. The fourth-order valence-corrected chi connectivity index (χ4v) is 2.47. The molecule has 0 radical (unpaired) electrons. The Morgan fingerprint density at radius 2 is 2.42 bits per heavy atom. The van der Waals surface area contributed by atoms with Crippen molar-refractivity contribution in [3.63, 3.8) is 0 Å². The molecule has 1 fully saturated rings. The van der Waals surface area contributed by atoms with Gasteiger partial charge in [-0.1, -0.05) is 11.6 Å². The van der Waals surface area contributed by atoms with Crippen LogP contribution in [0.4, 0.5) is 5.69 Å². The summed E-state index contributed by atoms with van der Waals surface area (Å²) in [5, 5.41) is 14.7. The topological polar surface area (TPSA) is 64.4 Å². The lowest BCUT2D eigenvalue weighted by molar-refractivity contribution is -0.385. The molecule has 0 bridgehead atoms. The molecule has 1 heterocycles. The first-order valence-electron chi connectivity index (χ1n) is 6.35. The van der Waals surface area contributed by atoms with Crippen LogP contribution < -0.4 is 5.32 Å². The van der Waals surface area contributed by atoms with Crippen molar-refractivity contribution in [1.29, 1.82) is 0 Å². The van der Waals surface area contributed by atoms with Crippen LogP contribution in [0.1, 0.15) is 25.3 Å². The van der Waals surface area contributed by atoms with Gasteiger partial charge < -0.3 is 10.1 Å². The van der Waals surface area contributed by atoms with Crippen LogP contribution in [0.5, 0.6) is 0 Å². The van der Waals surface area contributed by atoms with Gasteiger partial charge in [-0.3, -0.25) is 10.1 Å². The van der Waals surface area contributed by atoms with Gasteiger partial charge in [-0.15, -0.1) is 0 Å². The highest BCUT2D eigenvalue weighted by molar-refractivity contribution is 6.30. The maximum absolute atomic E-state index is 10.9. The molecule has 19 heavy (non-hydrogen) atoms. The van der Waals surface area contributed by atoms with E-state index in [-0.39, 0.29) is 22.8 Å². The third-order valence-corrected chi connectivity index (χ3v) is 3.61. The minimum absolute atomic E-state index is 0.0939. The van der Waals surface area contributed by atoms with Crippen LogP contribution in [0.15, 0.2) is 18.2 Å². The SMILES string of the molecule is CC(NCc1cc(Cl)ccc1[N+](=O)[O-])C1CCCO1. The van der Waals surface area contributed by atoms with Crippen LogP contribution in [0.25, 0.3) is 0 Å². The fourth-order valence-electron chi connectivity index (χ4n) is 2.27. The van der Waals surface area contributed by atoms with E-state index in [0.717, 1.165) is 19.4 Å². The van der Waals surface area contributed by atoms with E-state index in [1.165, 1.54) is 12.1 Å². The van der Waals surface area contributed by atoms with Gasteiger partial charge in [0.15, 0.2) is 0 Å². The summed E-state index contributed by atoms with van der Waals surface area (Å²) in [6, 6.07) is 4.78. The molecule has 1 saturated heterocycles. The van der Waals surface area contributed by atoms with Gasteiger partial charge in [-0.25, -0.2) is 0 Å². The highest BCUT2D eigenvalue weighted by atomic mass is 35.5. The lowest BCUT2D eigenvalue weighted by Crippen LogP contribution is -2.36. The second-order valence-corrected chi connectivity index (χ2v) is 5.19. The Hall–Kier alpha value is -1.17. The number of benzene rings is 1. The second-order valence-electron chi connectivity index (χ2n) is 4.75. The van der Waals surface area contributed by atoms with Crippen molar-refractivity contribution in [3.8, 4) is 0 Å². The van der Waals surface area contributed by atoms with Crippen molar-refractivity contribution in [2.24, 2.45) is 0 Å². The molecule has 0 amide bonds. The third kappa shape index (κ3) is 3.65. The second kappa shape index (κ2) is 6.32. The number of halogens is 1. The standard InChI is InChI=1S/C13H17ClN2O3/c1-9(13-3-2-6-19-13)15-8-10-7-11(14)4-5-12(10)16(17)18/h4-5,7,9,13,15H,2-3,6,8H2,1H3. The summed E-state index contributed by atoms with van der Waals surface area (Å²) < 4.78 is 5.58. The van der Waals surface area contributed by atoms with Crippen LogP contribution in [-0.4, -0.2) is 23.7 Å². The molecule has 2 unspecified atom stereocenters. The molecule has 1 aliphatic heterocycles. The Kier molecular flexibility index (Phi) is 4.74. The highest BCUT2D eigenvalue weighted by Crippen LogP contribution is 2.23. The molecule has 1 aromatic carbocycles. The van der Waals surface area contributed by atoms with Crippen LogP contribution in [0.3, 0.4) is 0 Å². The molecular weight excluding hydrogens is 268 g/mol. The molecule has 6 heteroatoms. The summed E-state index contributed by atoms with van der Waals surface area (Å²) in [6.45, 7) is 3.25.